The zero-order chi connectivity index (χ0) is 15.5. The number of para-hydroxylation sites is 1. The van der Waals surface area contributed by atoms with Crippen molar-refractivity contribution < 1.29 is 4.42 Å². The number of hydrogen-bond acceptors (Lipinski definition) is 4. The van der Waals surface area contributed by atoms with E-state index in [1.165, 1.54) is 0 Å². The van der Waals surface area contributed by atoms with Gasteiger partial charge in [0.15, 0.2) is 5.76 Å². The number of benzene rings is 1. The SMILES string of the molecule is c1ccc2oc(-c3[nH]ncc3CNCCn3cccn3)cc2c1. The maximum atomic E-state index is 5.91. The predicted octanol–water partition coefficient (Wildman–Crippen LogP) is 2.81. The number of aromatic nitrogens is 4. The first-order valence-electron chi connectivity index (χ1n) is 7.59. The number of aromatic amines is 1. The summed E-state index contributed by atoms with van der Waals surface area (Å²) in [5.41, 5.74) is 2.90. The molecule has 0 aliphatic rings. The molecular weight excluding hydrogens is 290 g/mol. The van der Waals surface area contributed by atoms with Crippen LogP contribution in [-0.4, -0.2) is 26.5 Å². The molecule has 23 heavy (non-hydrogen) atoms. The van der Waals surface area contributed by atoms with Crippen molar-refractivity contribution in [1.82, 2.24) is 25.3 Å². The summed E-state index contributed by atoms with van der Waals surface area (Å²) in [6, 6.07) is 12.0. The second-order valence-electron chi connectivity index (χ2n) is 5.36. The maximum absolute atomic E-state index is 5.91. The largest absolute Gasteiger partial charge is 0.454 e. The summed E-state index contributed by atoms with van der Waals surface area (Å²) in [4.78, 5) is 0. The molecule has 6 nitrogen and oxygen atoms in total. The van der Waals surface area contributed by atoms with Gasteiger partial charge in [-0.25, -0.2) is 0 Å². The van der Waals surface area contributed by atoms with Crippen molar-refractivity contribution in [1.29, 1.82) is 0 Å². The summed E-state index contributed by atoms with van der Waals surface area (Å²) in [6.45, 7) is 2.40. The summed E-state index contributed by atoms with van der Waals surface area (Å²) in [6.07, 6.45) is 5.58. The summed E-state index contributed by atoms with van der Waals surface area (Å²) >= 11 is 0. The summed E-state index contributed by atoms with van der Waals surface area (Å²) in [7, 11) is 0. The van der Waals surface area contributed by atoms with Crippen LogP contribution in [0.1, 0.15) is 5.56 Å². The van der Waals surface area contributed by atoms with Crippen molar-refractivity contribution in [2.75, 3.05) is 6.54 Å². The lowest BCUT2D eigenvalue weighted by atomic mass is 10.2. The van der Waals surface area contributed by atoms with Crippen LogP contribution in [0.2, 0.25) is 0 Å². The van der Waals surface area contributed by atoms with Crippen LogP contribution in [0.4, 0.5) is 0 Å². The molecule has 6 heteroatoms. The molecule has 0 amide bonds. The van der Waals surface area contributed by atoms with Gasteiger partial charge in [-0.2, -0.15) is 10.2 Å². The smallest absolute Gasteiger partial charge is 0.153 e. The average Bonchev–Trinajstić information content (AvgIpc) is 3.30. The Kier molecular flexibility index (Phi) is 3.65. The normalized spacial score (nSPS) is 11.3. The summed E-state index contributed by atoms with van der Waals surface area (Å²) in [5.74, 6) is 0.813. The van der Waals surface area contributed by atoms with E-state index >= 15 is 0 Å². The molecule has 2 N–H and O–H groups in total. The Morgan fingerprint density at radius 2 is 2.17 bits per heavy atom. The Bertz CT molecular complexity index is 858. The van der Waals surface area contributed by atoms with Crippen LogP contribution >= 0.6 is 0 Å². The number of furan rings is 1. The van der Waals surface area contributed by atoms with Gasteiger partial charge < -0.3 is 9.73 Å². The van der Waals surface area contributed by atoms with Crippen molar-refractivity contribution in [3.8, 4) is 11.5 Å². The van der Waals surface area contributed by atoms with Crippen LogP contribution < -0.4 is 5.32 Å². The predicted molar refractivity (Wildman–Crippen MR) is 87.7 cm³/mol. The molecular formula is C17H17N5O. The zero-order valence-corrected chi connectivity index (χ0v) is 12.6. The third kappa shape index (κ3) is 2.89. The number of rotatable bonds is 6. The fourth-order valence-electron chi connectivity index (χ4n) is 2.61. The molecule has 4 rings (SSSR count). The van der Waals surface area contributed by atoms with E-state index in [1.807, 2.05) is 53.5 Å². The molecule has 0 atom stereocenters. The number of nitrogens with one attached hydrogen (secondary N) is 2. The van der Waals surface area contributed by atoms with E-state index in [0.29, 0.717) is 0 Å². The molecule has 4 aromatic rings. The van der Waals surface area contributed by atoms with Gasteiger partial charge in [-0.15, -0.1) is 0 Å². The Hall–Kier alpha value is -2.86. The topological polar surface area (TPSA) is 71.7 Å². The quantitative estimate of drug-likeness (QED) is 0.537. The molecule has 0 aliphatic heterocycles. The first kappa shape index (κ1) is 13.8. The Labute approximate surface area is 133 Å². The molecule has 3 heterocycles. The van der Waals surface area contributed by atoms with Crippen LogP contribution in [0, 0.1) is 0 Å². The highest BCUT2D eigenvalue weighted by molar-refractivity contribution is 5.82. The average molecular weight is 307 g/mol. The maximum Gasteiger partial charge on any atom is 0.153 e. The molecule has 0 bridgehead atoms. The molecule has 3 aromatic heterocycles. The van der Waals surface area contributed by atoms with Gasteiger partial charge in [0.1, 0.15) is 11.3 Å². The minimum atomic E-state index is 0.726. The fourth-order valence-corrected chi connectivity index (χ4v) is 2.61. The standard InChI is InChI=1S/C17H17N5O/c1-2-5-15-13(4-1)10-16(23-15)17-14(12-19-21-17)11-18-7-9-22-8-3-6-20-22/h1-6,8,10,12,18H,7,9,11H2,(H,19,21). The van der Waals surface area contributed by atoms with Crippen LogP contribution in [-0.2, 0) is 13.1 Å². The van der Waals surface area contributed by atoms with Gasteiger partial charge in [-0.3, -0.25) is 9.78 Å². The number of H-pyrrole nitrogens is 1. The van der Waals surface area contributed by atoms with Gasteiger partial charge in [0.2, 0.25) is 0 Å². The Morgan fingerprint density at radius 3 is 3.04 bits per heavy atom. The lowest BCUT2D eigenvalue weighted by Gasteiger charge is -2.04. The van der Waals surface area contributed by atoms with Crippen LogP contribution in [0.25, 0.3) is 22.4 Å². The van der Waals surface area contributed by atoms with Gasteiger partial charge in [0.05, 0.1) is 12.7 Å². The minimum Gasteiger partial charge on any atom is -0.454 e. The van der Waals surface area contributed by atoms with E-state index in [9.17, 15) is 0 Å². The molecule has 0 unspecified atom stereocenters. The summed E-state index contributed by atoms with van der Waals surface area (Å²) < 4.78 is 7.81. The molecule has 0 radical (unpaired) electrons. The first-order chi connectivity index (χ1) is 11.4. The second kappa shape index (κ2) is 6.10. The lowest BCUT2D eigenvalue weighted by Crippen LogP contribution is -2.19. The monoisotopic (exact) mass is 307 g/mol. The van der Waals surface area contributed by atoms with Gasteiger partial charge in [0, 0.05) is 36.4 Å². The van der Waals surface area contributed by atoms with Crippen molar-refractivity contribution in [2.24, 2.45) is 0 Å². The molecule has 0 fully saturated rings. The van der Waals surface area contributed by atoms with Crippen LogP contribution in [0.5, 0.6) is 0 Å². The van der Waals surface area contributed by atoms with Gasteiger partial charge in [-0.05, 0) is 18.2 Å². The van der Waals surface area contributed by atoms with Crippen LogP contribution in [0.15, 0.2) is 59.4 Å². The van der Waals surface area contributed by atoms with Crippen molar-refractivity contribution in [2.45, 2.75) is 13.1 Å². The van der Waals surface area contributed by atoms with Gasteiger partial charge in [0.25, 0.3) is 0 Å². The van der Waals surface area contributed by atoms with Crippen LogP contribution in [0.3, 0.4) is 0 Å². The van der Waals surface area contributed by atoms with E-state index < -0.39 is 0 Å². The number of fused-ring (bicyclic) bond motifs is 1. The number of nitrogens with zero attached hydrogens (tertiary/aromatic N) is 3. The second-order valence-corrected chi connectivity index (χ2v) is 5.36. The van der Waals surface area contributed by atoms with E-state index in [2.05, 4.69) is 20.6 Å². The van der Waals surface area contributed by atoms with Gasteiger partial charge in [-0.1, -0.05) is 18.2 Å². The van der Waals surface area contributed by atoms with Crippen molar-refractivity contribution >= 4 is 11.0 Å². The van der Waals surface area contributed by atoms with E-state index in [-0.39, 0.29) is 0 Å². The highest BCUT2D eigenvalue weighted by Crippen LogP contribution is 2.28. The third-order valence-corrected chi connectivity index (χ3v) is 3.78. The lowest BCUT2D eigenvalue weighted by molar-refractivity contribution is 0.554. The van der Waals surface area contributed by atoms with E-state index in [1.54, 1.807) is 6.20 Å². The Morgan fingerprint density at radius 1 is 1.22 bits per heavy atom. The van der Waals surface area contributed by atoms with Crippen molar-refractivity contribution in [3.05, 3.63) is 60.6 Å². The number of hydrogen-bond donors (Lipinski definition) is 2. The highest BCUT2D eigenvalue weighted by atomic mass is 16.3. The van der Waals surface area contributed by atoms with Crippen molar-refractivity contribution in [3.63, 3.8) is 0 Å². The fraction of sp³-hybridized carbons (Fsp3) is 0.176. The van der Waals surface area contributed by atoms with E-state index in [4.69, 9.17) is 4.42 Å². The molecule has 0 aliphatic carbocycles. The third-order valence-electron chi connectivity index (χ3n) is 3.78. The van der Waals surface area contributed by atoms with E-state index in [0.717, 1.165) is 47.6 Å². The molecule has 0 saturated heterocycles. The Balaban J connectivity index is 1.45. The minimum absolute atomic E-state index is 0.726. The molecule has 1 aromatic carbocycles. The molecule has 116 valence electrons. The van der Waals surface area contributed by atoms with Gasteiger partial charge >= 0.3 is 0 Å². The highest BCUT2D eigenvalue weighted by Gasteiger charge is 2.12. The first-order valence-corrected chi connectivity index (χ1v) is 7.59. The molecule has 0 saturated carbocycles. The summed E-state index contributed by atoms with van der Waals surface area (Å²) in [5, 5.41) is 15.9. The zero-order valence-electron chi connectivity index (χ0n) is 12.6. The molecule has 0 spiro atoms.